The van der Waals surface area contributed by atoms with Crippen LogP contribution in [0.15, 0.2) is 40.3 Å². The number of hydrogen-bond donors (Lipinski definition) is 2. The number of nitrogens with one attached hydrogen (secondary N) is 1. The first-order valence-corrected chi connectivity index (χ1v) is 8.64. The van der Waals surface area contributed by atoms with Crippen LogP contribution in [0.5, 0.6) is 5.88 Å². The Balaban J connectivity index is 2.08. The van der Waals surface area contributed by atoms with Gasteiger partial charge in [-0.1, -0.05) is 37.7 Å². The van der Waals surface area contributed by atoms with E-state index in [9.17, 15) is 14.7 Å². The Bertz CT molecular complexity index is 787. The summed E-state index contributed by atoms with van der Waals surface area (Å²) in [6.45, 7) is 6.40. The van der Waals surface area contributed by atoms with Crippen molar-refractivity contribution in [3.63, 3.8) is 0 Å². The first-order chi connectivity index (χ1) is 11.3. The van der Waals surface area contributed by atoms with Crippen LogP contribution in [-0.2, 0) is 11.3 Å². The van der Waals surface area contributed by atoms with Crippen molar-refractivity contribution in [3.05, 3.63) is 46.2 Å². The van der Waals surface area contributed by atoms with Crippen molar-refractivity contribution in [2.75, 3.05) is 11.1 Å². The Kier molecular flexibility index (Phi) is 6.03. The van der Waals surface area contributed by atoms with E-state index in [1.807, 2.05) is 45.0 Å². The van der Waals surface area contributed by atoms with Crippen LogP contribution >= 0.6 is 11.8 Å². The highest BCUT2D eigenvalue weighted by molar-refractivity contribution is 7.99. The lowest BCUT2D eigenvalue weighted by Gasteiger charge is -2.13. The quantitative estimate of drug-likeness (QED) is 0.620. The summed E-state index contributed by atoms with van der Waals surface area (Å²) in [4.78, 5) is 28.1. The summed E-state index contributed by atoms with van der Waals surface area (Å²) in [5.41, 5.74) is 1.46. The molecular formula is C17H21N3O3S. The van der Waals surface area contributed by atoms with Crippen molar-refractivity contribution in [1.82, 2.24) is 9.55 Å². The summed E-state index contributed by atoms with van der Waals surface area (Å²) in [6, 6.07) is 8.60. The van der Waals surface area contributed by atoms with E-state index in [2.05, 4.69) is 10.3 Å². The van der Waals surface area contributed by atoms with Crippen LogP contribution < -0.4 is 10.9 Å². The van der Waals surface area contributed by atoms with Crippen LogP contribution in [0.25, 0.3) is 0 Å². The van der Waals surface area contributed by atoms with E-state index in [-0.39, 0.29) is 29.0 Å². The third-order valence-electron chi connectivity index (χ3n) is 3.14. The molecule has 0 aliphatic heterocycles. The normalized spacial score (nSPS) is 10.8. The highest BCUT2D eigenvalue weighted by Crippen LogP contribution is 2.18. The molecule has 2 aromatic rings. The number of amides is 1. The fourth-order valence-corrected chi connectivity index (χ4v) is 2.98. The molecule has 0 spiro atoms. The second kappa shape index (κ2) is 8.01. The van der Waals surface area contributed by atoms with Crippen molar-refractivity contribution in [1.29, 1.82) is 0 Å². The molecule has 0 aliphatic rings. The zero-order valence-electron chi connectivity index (χ0n) is 13.9. The van der Waals surface area contributed by atoms with Crippen molar-refractivity contribution in [3.8, 4) is 5.88 Å². The van der Waals surface area contributed by atoms with Gasteiger partial charge < -0.3 is 10.4 Å². The maximum Gasteiger partial charge on any atom is 0.257 e. The predicted molar refractivity (Wildman–Crippen MR) is 95.5 cm³/mol. The highest BCUT2D eigenvalue weighted by atomic mass is 32.2. The van der Waals surface area contributed by atoms with Gasteiger partial charge in [0.2, 0.25) is 11.8 Å². The minimum absolute atomic E-state index is 0.0991. The van der Waals surface area contributed by atoms with Gasteiger partial charge in [0.25, 0.3) is 5.56 Å². The fraction of sp³-hybridized carbons (Fsp3) is 0.353. The van der Waals surface area contributed by atoms with Gasteiger partial charge >= 0.3 is 0 Å². The van der Waals surface area contributed by atoms with Crippen LogP contribution in [0.4, 0.5) is 5.69 Å². The van der Waals surface area contributed by atoms with E-state index in [0.29, 0.717) is 11.7 Å². The predicted octanol–water partition coefficient (Wildman–Crippen LogP) is 2.64. The largest absolute Gasteiger partial charge is 0.493 e. The van der Waals surface area contributed by atoms with Gasteiger partial charge in [0.05, 0.1) is 11.8 Å². The zero-order valence-corrected chi connectivity index (χ0v) is 14.8. The molecule has 0 radical (unpaired) electrons. The van der Waals surface area contributed by atoms with Gasteiger partial charge in [0, 0.05) is 12.2 Å². The van der Waals surface area contributed by atoms with E-state index in [4.69, 9.17) is 0 Å². The number of aromatic hydroxyl groups is 1. The van der Waals surface area contributed by atoms with Crippen LogP contribution in [0.2, 0.25) is 0 Å². The Morgan fingerprint density at radius 3 is 2.79 bits per heavy atom. The third kappa shape index (κ3) is 5.13. The van der Waals surface area contributed by atoms with Crippen molar-refractivity contribution < 1.29 is 9.90 Å². The molecule has 6 nitrogen and oxygen atoms in total. The summed E-state index contributed by atoms with van der Waals surface area (Å²) in [5, 5.41) is 12.7. The molecule has 0 saturated carbocycles. The maximum absolute atomic E-state index is 12.1. The van der Waals surface area contributed by atoms with Crippen molar-refractivity contribution in [2.45, 2.75) is 32.5 Å². The molecule has 128 valence electrons. The van der Waals surface area contributed by atoms with E-state index < -0.39 is 0 Å². The minimum Gasteiger partial charge on any atom is -0.493 e. The van der Waals surface area contributed by atoms with Crippen LogP contribution in [0.3, 0.4) is 0 Å². The van der Waals surface area contributed by atoms with Gasteiger partial charge in [0.1, 0.15) is 0 Å². The number of aromatic nitrogens is 2. The molecule has 1 aromatic carbocycles. The molecule has 1 aromatic heterocycles. The summed E-state index contributed by atoms with van der Waals surface area (Å²) < 4.78 is 1.48. The number of carbonyl (C=O) groups excluding carboxylic acids is 1. The monoisotopic (exact) mass is 347 g/mol. The molecular weight excluding hydrogens is 326 g/mol. The fourth-order valence-electron chi connectivity index (χ4n) is 2.17. The molecule has 2 N–H and O–H groups in total. The molecule has 1 heterocycles. The van der Waals surface area contributed by atoms with Gasteiger partial charge in [0.15, 0.2) is 5.16 Å². The average Bonchev–Trinajstić information content (AvgIpc) is 2.48. The number of anilines is 1. The number of benzene rings is 1. The van der Waals surface area contributed by atoms with Gasteiger partial charge in [-0.3, -0.25) is 14.2 Å². The molecule has 0 bridgehead atoms. The summed E-state index contributed by atoms with van der Waals surface area (Å²) in [7, 11) is 0. The van der Waals surface area contributed by atoms with E-state index in [0.717, 1.165) is 29.1 Å². The molecule has 7 heteroatoms. The molecule has 0 unspecified atom stereocenters. The van der Waals surface area contributed by atoms with Crippen molar-refractivity contribution in [2.24, 2.45) is 5.92 Å². The summed E-state index contributed by atoms with van der Waals surface area (Å²) in [5.74, 6) is -0.183. The van der Waals surface area contributed by atoms with Crippen molar-refractivity contribution >= 4 is 23.4 Å². The Hall–Kier alpha value is -2.28. The van der Waals surface area contributed by atoms with Crippen LogP contribution in [-0.4, -0.2) is 26.3 Å². The molecule has 24 heavy (non-hydrogen) atoms. The first kappa shape index (κ1) is 18.1. The van der Waals surface area contributed by atoms with Gasteiger partial charge in [-0.25, -0.2) is 0 Å². The smallest absolute Gasteiger partial charge is 0.257 e. The topological polar surface area (TPSA) is 84.2 Å². The summed E-state index contributed by atoms with van der Waals surface area (Å²) in [6.07, 6.45) is 0. The van der Waals surface area contributed by atoms with E-state index >= 15 is 0 Å². The van der Waals surface area contributed by atoms with Crippen LogP contribution in [0.1, 0.15) is 19.4 Å². The lowest BCUT2D eigenvalue weighted by atomic mass is 10.2. The number of thioether (sulfide) groups is 1. The number of hydrogen-bond acceptors (Lipinski definition) is 5. The molecule has 1 amide bonds. The SMILES string of the molecule is Cc1cccc(NC(=O)CSc2nc(O)cc(=O)n2CC(C)C)c1. The number of rotatable bonds is 6. The highest BCUT2D eigenvalue weighted by Gasteiger charge is 2.12. The molecule has 0 atom stereocenters. The van der Waals surface area contributed by atoms with Gasteiger partial charge in [-0.05, 0) is 30.5 Å². The third-order valence-corrected chi connectivity index (χ3v) is 4.12. The number of aryl methyl sites for hydroxylation is 1. The Labute approximate surface area is 144 Å². The van der Waals surface area contributed by atoms with Gasteiger partial charge in [-0.2, -0.15) is 4.98 Å². The zero-order chi connectivity index (χ0) is 17.7. The van der Waals surface area contributed by atoms with Crippen LogP contribution in [0, 0.1) is 12.8 Å². The molecule has 0 fully saturated rings. The summed E-state index contributed by atoms with van der Waals surface area (Å²) >= 11 is 1.13. The minimum atomic E-state index is -0.332. The average molecular weight is 347 g/mol. The van der Waals surface area contributed by atoms with E-state index in [1.165, 1.54) is 4.57 Å². The maximum atomic E-state index is 12.1. The Morgan fingerprint density at radius 2 is 2.12 bits per heavy atom. The number of carbonyl (C=O) groups is 1. The molecule has 0 saturated heterocycles. The lowest BCUT2D eigenvalue weighted by Crippen LogP contribution is -2.25. The first-order valence-electron chi connectivity index (χ1n) is 7.65. The number of nitrogens with zero attached hydrogens (tertiary/aromatic N) is 2. The standard InChI is InChI=1S/C17H21N3O3S/c1-11(2)9-20-16(23)8-14(21)19-17(20)24-10-15(22)18-13-6-4-5-12(3)7-13/h4-8,11,21H,9-10H2,1-3H3,(H,18,22). The van der Waals surface area contributed by atoms with E-state index in [1.54, 1.807) is 0 Å². The Morgan fingerprint density at radius 1 is 1.38 bits per heavy atom. The second-order valence-electron chi connectivity index (χ2n) is 5.95. The second-order valence-corrected chi connectivity index (χ2v) is 6.89. The van der Waals surface area contributed by atoms with Gasteiger partial charge in [-0.15, -0.1) is 0 Å². The molecule has 0 aliphatic carbocycles. The molecule has 2 rings (SSSR count). The lowest BCUT2D eigenvalue weighted by molar-refractivity contribution is -0.113.